The van der Waals surface area contributed by atoms with Gasteiger partial charge in [0.15, 0.2) is 11.5 Å². The first kappa shape index (κ1) is 31.6. The van der Waals surface area contributed by atoms with Crippen LogP contribution in [0.3, 0.4) is 0 Å². The molecule has 6 aromatic carbocycles. The monoisotopic (exact) mass is 650 g/mol. The average molecular weight is 651 g/mol. The zero-order chi connectivity index (χ0) is 33.3. The molecular formula is C43H35FO5. The van der Waals surface area contributed by atoms with Gasteiger partial charge in [-0.2, -0.15) is 0 Å². The van der Waals surface area contributed by atoms with Crippen molar-refractivity contribution in [3.63, 3.8) is 0 Å². The zero-order valence-corrected chi connectivity index (χ0v) is 26.8. The molecular weight excluding hydrogens is 615 g/mol. The summed E-state index contributed by atoms with van der Waals surface area (Å²) < 4.78 is 47.3. The van der Waals surface area contributed by atoms with E-state index in [1.807, 2.05) is 146 Å². The number of ether oxygens (including phenoxy) is 5. The fourth-order valence-corrected chi connectivity index (χ4v) is 5.51. The smallest absolute Gasteiger partial charge is 0.164 e. The maximum absolute atomic E-state index is 16.0. The van der Waals surface area contributed by atoms with Gasteiger partial charge in [-0.3, -0.25) is 0 Å². The molecule has 244 valence electrons. The molecule has 0 aliphatic carbocycles. The van der Waals surface area contributed by atoms with E-state index in [0.29, 0.717) is 54.1 Å². The lowest BCUT2D eigenvalue weighted by atomic mass is 10.0. The maximum Gasteiger partial charge on any atom is 0.164 e. The van der Waals surface area contributed by atoms with E-state index in [0.717, 1.165) is 27.8 Å². The third-order valence-corrected chi connectivity index (χ3v) is 8.10. The summed E-state index contributed by atoms with van der Waals surface area (Å²) in [4.78, 5) is 0. The molecule has 49 heavy (non-hydrogen) atoms. The van der Waals surface area contributed by atoms with Crippen LogP contribution >= 0.6 is 0 Å². The molecule has 1 aliphatic rings. The van der Waals surface area contributed by atoms with E-state index in [4.69, 9.17) is 23.7 Å². The van der Waals surface area contributed by atoms with Crippen molar-refractivity contribution in [2.24, 2.45) is 0 Å². The number of hydrogen-bond acceptors (Lipinski definition) is 5. The van der Waals surface area contributed by atoms with Crippen LogP contribution < -0.4 is 23.7 Å². The predicted octanol–water partition coefficient (Wildman–Crippen LogP) is 10.3. The van der Waals surface area contributed by atoms with Crippen molar-refractivity contribution in [3.05, 3.63) is 191 Å². The predicted molar refractivity (Wildman–Crippen MR) is 188 cm³/mol. The summed E-state index contributed by atoms with van der Waals surface area (Å²) in [6.45, 7) is 1.31. The molecule has 1 atom stereocenters. The second kappa shape index (κ2) is 15.3. The van der Waals surface area contributed by atoms with Crippen molar-refractivity contribution in [1.29, 1.82) is 0 Å². The minimum absolute atomic E-state index is 0.270. The lowest BCUT2D eigenvalue weighted by molar-refractivity contribution is 0.231. The van der Waals surface area contributed by atoms with Gasteiger partial charge in [0.25, 0.3) is 0 Å². The first-order valence-electron chi connectivity index (χ1n) is 16.2. The minimum atomic E-state index is -0.735. The maximum atomic E-state index is 16.0. The van der Waals surface area contributed by atoms with Crippen LogP contribution in [0, 0.1) is 5.82 Å². The third kappa shape index (κ3) is 8.11. The molecule has 0 aromatic heterocycles. The molecule has 0 bridgehead atoms. The fourth-order valence-electron chi connectivity index (χ4n) is 5.51. The minimum Gasteiger partial charge on any atom is -0.489 e. The highest BCUT2D eigenvalue weighted by atomic mass is 19.1. The fraction of sp³-hybridized carbons (Fsp3) is 0.116. The Kier molecular flexibility index (Phi) is 9.84. The number of halogens is 1. The van der Waals surface area contributed by atoms with E-state index in [9.17, 15) is 0 Å². The molecule has 1 aliphatic heterocycles. The van der Waals surface area contributed by atoms with Gasteiger partial charge < -0.3 is 23.7 Å². The molecule has 1 unspecified atom stereocenters. The van der Waals surface area contributed by atoms with Gasteiger partial charge in [-0.15, -0.1) is 0 Å². The standard InChI is InChI=1S/C43H35FO5/c44-38-26-43(48-30-34-19-11-4-12-20-34)42(47-29-33-17-9-3-10-18-33)25-37(38)39-22-21-36-40(46-28-32-15-7-2-8-16-32)23-35(24-41(36)49-39)45-27-31-13-5-1-6-14-31/h1-26,39H,27-30H2. The summed E-state index contributed by atoms with van der Waals surface area (Å²) in [5.41, 5.74) is 5.08. The van der Waals surface area contributed by atoms with Crippen molar-refractivity contribution in [1.82, 2.24) is 0 Å². The van der Waals surface area contributed by atoms with Crippen LogP contribution in [0.2, 0.25) is 0 Å². The highest BCUT2D eigenvalue weighted by Crippen LogP contribution is 2.43. The Morgan fingerprint density at radius 2 is 0.939 bits per heavy atom. The van der Waals surface area contributed by atoms with Crippen molar-refractivity contribution < 1.29 is 28.1 Å². The van der Waals surface area contributed by atoms with Crippen molar-refractivity contribution in [2.75, 3.05) is 0 Å². The topological polar surface area (TPSA) is 46.2 Å². The van der Waals surface area contributed by atoms with E-state index >= 15 is 4.39 Å². The molecule has 0 saturated carbocycles. The normalized spacial score (nSPS) is 13.2. The van der Waals surface area contributed by atoms with E-state index in [1.54, 1.807) is 6.07 Å². The molecule has 0 fully saturated rings. The summed E-state index contributed by atoms with van der Waals surface area (Å²) in [7, 11) is 0. The first-order valence-corrected chi connectivity index (χ1v) is 16.2. The Morgan fingerprint density at radius 1 is 0.490 bits per heavy atom. The summed E-state index contributed by atoms with van der Waals surface area (Å²) in [5, 5.41) is 0. The zero-order valence-electron chi connectivity index (χ0n) is 26.8. The van der Waals surface area contributed by atoms with Gasteiger partial charge in [0.05, 0.1) is 5.56 Å². The number of fused-ring (bicyclic) bond motifs is 1. The highest BCUT2D eigenvalue weighted by Gasteiger charge is 2.26. The Hall–Kier alpha value is -6.01. The van der Waals surface area contributed by atoms with Crippen LogP contribution in [0.1, 0.15) is 39.5 Å². The third-order valence-electron chi connectivity index (χ3n) is 8.10. The second-order valence-electron chi connectivity index (χ2n) is 11.6. The van der Waals surface area contributed by atoms with Crippen LogP contribution in [0.5, 0.6) is 28.7 Å². The van der Waals surface area contributed by atoms with Gasteiger partial charge in [0, 0.05) is 23.8 Å². The van der Waals surface area contributed by atoms with Crippen molar-refractivity contribution in [2.45, 2.75) is 32.5 Å². The summed E-state index contributed by atoms with van der Waals surface area (Å²) in [5.74, 6) is 1.98. The first-order chi connectivity index (χ1) is 24.2. The lowest BCUT2D eigenvalue weighted by Crippen LogP contribution is -2.13. The van der Waals surface area contributed by atoms with Gasteiger partial charge in [0.2, 0.25) is 0 Å². The molecule has 0 amide bonds. The molecule has 0 spiro atoms. The number of rotatable bonds is 13. The quantitative estimate of drug-likeness (QED) is 0.125. The molecule has 1 heterocycles. The van der Waals surface area contributed by atoms with Gasteiger partial charge in [-0.25, -0.2) is 4.39 Å². The highest BCUT2D eigenvalue weighted by molar-refractivity contribution is 5.69. The number of hydrogen-bond donors (Lipinski definition) is 0. The molecule has 0 saturated heterocycles. The van der Waals surface area contributed by atoms with Gasteiger partial charge >= 0.3 is 0 Å². The Labute approximate surface area is 285 Å². The molecule has 6 heteroatoms. The molecule has 0 radical (unpaired) electrons. The van der Waals surface area contributed by atoms with Crippen LogP contribution in [-0.4, -0.2) is 0 Å². The molecule has 0 N–H and O–H groups in total. The van der Waals surface area contributed by atoms with E-state index in [1.165, 1.54) is 6.07 Å². The summed E-state index contributed by atoms with van der Waals surface area (Å²) in [6.07, 6.45) is 3.00. The summed E-state index contributed by atoms with van der Waals surface area (Å²) >= 11 is 0. The van der Waals surface area contributed by atoms with Gasteiger partial charge in [0.1, 0.15) is 55.6 Å². The van der Waals surface area contributed by atoms with E-state index < -0.39 is 11.9 Å². The molecule has 6 aromatic rings. The molecule has 7 rings (SSSR count). The second-order valence-corrected chi connectivity index (χ2v) is 11.6. The Bertz CT molecular complexity index is 2000. The van der Waals surface area contributed by atoms with Crippen LogP contribution in [-0.2, 0) is 26.4 Å². The number of benzene rings is 6. The van der Waals surface area contributed by atoms with E-state index in [-0.39, 0.29) is 6.61 Å². The van der Waals surface area contributed by atoms with Crippen molar-refractivity contribution in [3.8, 4) is 28.7 Å². The van der Waals surface area contributed by atoms with Crippen molar-refractivity contribution >= 4 is 6.08 Å². The average Bonchev–Trinajstić information content (AvgIpc) is 3.16. The Balaban J connectivity index is 1.17. The van der Waals surface area contributed by atoms with Crippen LogP contribution in [0.4, 0.5) is 4.39 Å². The van der Waals surface area contributed by atoms with E-state index in [2.05, 4.69) is 0 Å². The Morgan fingerprint density at radius 3 is 1.45 bits per heavy atom. The van der Waals surface area contributed by atoms with Gasteiger partial charge in [-0.1, -0.05) is 121 Å². The lowest BCUT2D eigenvalue weighted by Gasteiger charge is -2.25. The summed E-state index contributed by atoms with van der Waals surface area (Å²) in [6, 6.07) is 46.2. The van der Waals surface area contributed by atoms with Crippen LogP contribution in [0.25, 0.3) is 6.08 Å². The molecule has 5 nitrogen and oxygen atoms in total. The van der Waals surface area contributed by atoms with Crippen LogP contribution in [0.15, 0.2) is 152 Å². The SMILES string of the molecule is Fc1cc(OCc2ccccc2)c(OCc2ccccc2)cc1C1C=Cc2c(OCc3ccccc3)cc(OCc3ccccc3)cc2O1. The largest absolute Gasteiger partial charge is 0.489 e. The van der Waals surface area contributed by atoms with Gasteiger partial charge in [-0.05, 0) is 40.5 Å².